The summed E-state index contributed by atoms with van der Waals surface area (Å²) in [4.78, 5) is 12.9. The Morgan fingerprint density at radius 2 is 1.56 bits per heavy atom. The number of hydrogen-bond acceptors (Lipinski definition) is 2. The molecule has 0 saturated heterocycles. The van der Waals surface area contributed by atoms with E-state index in [2.05, 4.69) is 32.9 Å². The molecule has 2 nitrogen and oxygen atoms in total. The molecule has 0 spiro atoms. The smallest absolute Gasteiger partial charge is 1.00 e. The molecule has 2 rings (SSSR count). The maximum Gasteiger partial charge on any atom is 1.00 e. The third kappa shape index (κ3) is 5.21. The number of methoxy groups -OCH3 is 1. The van der Waals surface area contributed by atoms with Gasteiger partial charge in [0.15, 0.2) is 5.52 Å². The zero-order chi connectivity index (χ0) is 18.1. The Hall–Kier alpha value is -1.06. The largest absolute Gasteiger partial charge is 1.00 e. The van der Waals surface area contributed by atoms with Gasteiger partial charge in [-0.25, -0.2) is 0 Å². The number of rotatable bonds is 4. The fourth-order valence-corrected chi connectivity index (χ4v) is 4.04. The minimum absolute atomic E-state index is 0. The van der Waals surface area contributed by atoms with Crippen LogP contribution in [-0.4, -0.2) is 12.6 Å². The van der Waals surface area contributed by atoms with Crippen LogP contribution >= 0.6 is 8.58 Å². The molecule has 0 aliphatic heterocycles. The molecule has 130 valence electrons. The van der Waals surface area contributed by atoms with Gasteiger partial charge in [-0.2, -0.15) is 0 Å². The second kappa shape index (κ2) is 8.55. The van der Waals surface area contributed by atoms with Crippen LogP contribution in [0.3, 0.4) is 0 Å². The zero-order valence-electron chi connectivity index (χ0n) is 17.7. The van der Waals surface area contributed by atoms with Crippen molar-refractivity contribution in [2.45, 2.75) is 47.0 Å². The molecular weight excluding hydrogens is 322 g/mol. The molecule has 0 amide bonds. The Balaban J connectivity index is 0.00000312. The first kappa shape index (κ1) is 22.0. The van der Waals surface area contributed by atoms with Gasteiger partial charge in [-0.3, -0.25) is 4.79 Å². The SMILES string of the molecule is COc1ccc(PC(=O)c2c(C)cc(C(C)(C)C)cc2C)c(C)c1.[H-].[Li+]. The van der Waals surface area contributed by atoms with Gasteiger partial charge in [-0.05, 0) is 74.5 Å². The summed E-state index contributed by atoms with van der Waals surface area (Å²) < 4.78 is 5.24. The Morgan fingerprint density at radius 3 is 2.00 bits per heavy atom. The summed E-state index contributed by atoms with van der Waals surface area (Å²) in [5, 5.41) is 1.08. The van der Waals surface area contributed by atoms with Crippen molar-refractivity contribution in [2.75, 3.05) is 7.11 Å². The van der Waals surface area contributed by atoms with Crippen LogP contribution < -0.4 is 28.9 Å². The number of benzene rings is 2. The van der Waals surface area contributed by atoms with Crippen LogP contribution in [0, 0.1) is 20.8 Å². The summed E-state index contributed by atoms with van der Waals surface area (Å²) in [5.41, 5.74) is 5.69. The van der Waals surface area contributed by atoms with Crippen molar-refractivity contribution >= 4 is 19.4 Å². The molecule has 0 saturated carbocycles. The van der Waals surface area contributed by atoms with E-state index in [1.165, 1.54) is 5.56 Å². The van der Waals surface area contributed by atoms with Crippen molar-refractivity contribution in [2.24, 2.45) is 0 Å². The summed E-state index contributed by atoms with van der Waals surface area (Å²) in [6, 6.07) is 10.2. The molecule has 2 aromatic carbocycles. The molecule has 4 heteroatoms. The molecule has 1 unspecified atom stereocenters. The first-order chi connectivity index (χ1) is 11.1. The Morgan fingerprint density at radius 1 is 1.00 bits per heavy atom. The summed E-state index contributed by atoms with van der Waals surface area (Å²) in [6.07, 6.45) is 0. The van der Waals surface area contributed by atoms with Crippen molar-refractivity contribution in [3.63, 3.8) is 0 Å². The van der Waals surface area contributed by atoms with E-state index in [9.17, 15) is 4.79 Å². The van der Waals surface area contributed by atoms with Crippen molar-refractivity contribution in [3.8, 4) is 5.75 Å². The van der Waals surface area contributed by atoms with Gasteiger partial charge in [-0.1, -0.05) is 39.0 Å². The third-order valence-corrected chi connectivity index (χ3v) is 5.61. The van der Waals surface area contributed by atoms with Crippen molar-refractivity contribution in [1.29, 1.82) is 0 Å². The van der Waals surface area contributed by atoms with Gasteiger partial charge in [0.2, 0.25) is 0 Å². The normalized spacial score (nSPS) is 11.5. The number of aryl methyl sites for hydroxylation is 3. The van der Waals surface area contributed by atoms with E-state index >= 15 is 0 Å². The summed E-state index contributed by atoms with van der Waals surface area (Å²) in [7, 11) is 1.79. The van der Waals surface area contributed by atoms with Crippen LogP contribution in [0.2, 0.25) is 0 Å². The van der Waals surface area contributed by atoms with Gasteiger partial charge >= 0.3 is 18.9 Å². The molecule has 0 aromatic heterocycles. The summed E-state index contributed by atoms with van der Waals surface area (Å²) >= 11 is 0. The van der Waals surface area contributed by atoms with Crippen LogP contribution in [0.1, 0.15) is 54.8 Å². The Bertz CT molecular complexity index is 759. The number of hydrogen-bond donors (Lipinski definition) is 0. The summed E-state index contributed by atoms with van der Waals surface area (Å²) in [5.74, 6) is 0.829. The van der Waals surface area contributed by atoms with Gasteiger partial charge < -0.3 is 6.16 Å². The average molecular weight is 350 g/mol. The summed E-state index contributed by atoms with van der Waals surface area (Å²) in [6.45, 7) is 12.7. The van der Waals surface area contributed by atoms with Crippen molar-refractivity contribution < 1.29 is 29.8 Å². The molecule has 0 fully saturated rings. The number of carbonyl (C=O) groups is 1. The molecule has 25 heavy (non-hydrogen) atoms. The molecule has 0 aliphatic carbocycles. The monoisotopic (exact) mass is 350 g/mol. The average Bonchev–Trinajstić information content (AvgIpc) is 2.47. The van der Waals surface area contributed by atoms with Crippen LogP contribution in [0.25, 0.3) is 0 Å². The molecule has 0 aliphatic rings. The predicted octanol–water partition coefficient (Wildman–Crippen LogP) is 2.18. The van der Waals surface area contributed by atoms with Crippen LogP contribution in [0.15, 0.2) is 30.3 Å². The third-order valence-electron chi connectivity index (χ3n) is 4.31. The van der Waals surface area contributed by atoms with E-state index in [0.29, 0.717) is 0 Å². The van der Waals surface area contributed by atoms with E-state index < -0.39 is 0 Å². The molecule has 0 heterocycles. The topological polar surface area (TPSA) is 26.3 Å². The predicted molar refractivity (Wildman–Crippen MR) is 106 cm³/mol. The quantitative estimate of drug-likeness (QED) is 0.624. The number of ether oxygens (including phenoxy) is 1. The molecule has 2 aromatic rings. The molecular formula is C21H28LiO2P. The van der Waals surface area contributed by atoms with Crippen molar-refractivity contribution in [3.05, 3.63) is 58.1 Å². The standard InChI is InChI=1S/C21H27O2P.Li.H/c1-13-12-17(23-7)8-9-18(13)24-20(22)19-14(2)10-16(11-15(19)3)21(4,5)6;;/h8-12,24H,1-7H3;;/q;+1;-1. The Kier molecular flexibility index (Phi) is 7.51. The number of carbonyl (C=O) groups excluding carboxylic acids is 1. The first-order valence-corrected chi connectivity index (χ1v) is 9.21. The molecule has 1 atom stereocenters. The van der Waals surface area contributed by atoms with E-state index in [4.69, 9.17) is 4.74 Å². The minimum atomic E-state index is 0. The molecule has 0 bridgehead atoms. The second-order valence-electron chi connectivity index (χ2n) is 7.37. The molecule has 0 N–H and O–H groups in total. The molecule has 0 radical (unpaired) electrons. The zero-order valence-corrected chi connectivity index (χ0v) is 17.7. The van der Waals surface area contributed by atoms with Gasteiger partial charge in [0.05, 0.1) is 7.11 Å². The van der Waals surface area contributed by atoms with E-state index in [1.807, 2.05) is 39.0 Å². The first-order valence-electron chi connectivity index (χ1n) is 8.21. The van der Waals surface area contributed by atoms with Crippen molar-refractivity contribution in [1.82, 2.24) is 0 Å². The fourth-order valence-electron chi connectivity index (χ4n) is 2.84. The fraction of sp³-hybridized carbons (Fsp3) is 0.381. The van der Waals surface area contributed by atoms with Gasteiger partial charge in [-0.15, -0.1) is 0 Å². The van der Waals surface area contributed by atoms with E-state index in [-0.39, 0.29) is 39.8 Å². The van der Waals surface area contributed by atoms with E-state index in [0.717, 1.165) is 33.3 Å². The van der Waals surface area contributed by atoms with Crippen LogP contribution in [-0.2, 0) is 5.41 Å². The van der Waals surface area contributed by atoms with E-state index in [1.54, 1.807) is 7.11 Å². The maximum atomic E-state index is 12.9. The second-order valence-corrected chi connectivity index (χ2v) is 8.61. The van der Waals surface area contributed by atoms with Gasteiger partial charge in [0.25, 0.3) is 0 Å². The van der Waals surface area contributed by atoms with Crippen LogP contribution in [0.5, 0.6) is 5.75 Å². The Labute approximate surface area is 167 Å². The minimum Gasteiger partial charge on any atom is -1.00 e. The van der Waals surface area contributed by atoms with Gasteiger partial charge in [0, 0.05) is 5.56 Å². The van der Waals surface area contributed by atoms with Gasteiger partial charge in [0.1, 0.15) is 5.75 Å². The maximum absolute atomic E-state index is 12.9. The van der Waals surface area contributed by atoms with Crippen LogP contribution in [0.4, 0.5) is 0 Å².